The second-order valence-electron chi connectivity index (χ2n) is 10.9. The molecule has 0 aliphatic rings. The van der Waals surface area contributed by atoms with Crippen LogP contribution in [0.3, 0.4) is 0 Å². The minimum atomic E-state index is -4.55. The molecule has 0 aromatic heterocycles. The van der Waals surface area contributed by atoms with Crippen LogP contribution in [0, 0.1) is 0 Å². The number of alkyl halides is 3. The van der Waals surface area contributed by atoms with Gasteiger partial charge in [-0.2, -0.15) is 13.2 Å². The number of carboxylic acids is 1. The second-order valence-corrected chi connectivity index (χ2v) is 11.7. The van der Waals surface area contributed by atoms with E-state index in [1.807, 2.05) is 78.9 Å². The van der Waals surface area contributed by atoms with Crippen molar-refractivity contribution in [1.82, 2.24) is 4.90 Å². The van der Waals surface area contributed by atoms with E-state index in [2.05, 4.69) is 4.90 Å². The molecule has 4 rings (SSSR count). The van der Waals surface area contributed by atoms with Gasteiger partial charge in [0.25, 0.3) is 0 Å². The highest BCUT2D eigenvalue weighted by Crippen LogP contribution is 2.37. The average Bonchev–Trinajstić information content (AvgIpc) is 3.01. The number of hydrogen-bond donors (Lipinski definition) is 1. The van der Waals surface area contributed by atoms with E-state index in [4.69, 9.17) is 33.0 Å². The Morgan fingerprint density at radius 3 is 2.33 bits per heavy atom. The third-order valence-electron chi connectivity index (χ3n) is 7.59. The Bertz CT molecular complexity index is 1530. The molecule has 4 aromatic carbocycles. The Kier molecular flexibility index (Phi) is 12.7. The Balaban J connectivity index is 1.50. The van der Waals surface area contributed by atoms with Crippen LogP contribution < -0.4 is 4.74 Å². The zero-order valence-corrected chi connectivity index (χ0v) is 26.3. The summed E-state index contributed by atoms with van der Waals surface area (Å²) in [5, 5.41) is 9.18. The lowest BCUT2D eigenvalue weighted by Gasteiger charge is -2.29. The van der Waals surface area contributed by atoms with E-state index in [1.165, 1.54) is 6.07 Å². The largest absolute Gasteiger partial charge is 0.494 e. The number of aryl methyl sites for hydroxylation is 1. The van der Waals surface area contributed by atoms with Crippen LogP contribution in [0.15, 0.2) is 97.1 Å². The zero-order valence-electron chi connectivity index (χ0n) is 24.8. The van der Waals surface area contributed by atoms with E-state index in [0.29, 0.717) is 43.1 Å². The average molecular weight is 659 g/mol. The predicted octanol–water partition coefficient (Wildman–Crippen LogP) is 9.91. The number of carboxylic acid groups (broad SMARTS) is 1. The molecule has 4 aromatic rings. The molecule has 0 spiro atoms. The molecule has 0 saturated carbocycles. The fraction of sp³-hybridized carbons (Fsp3) is 0.306. The number of carbonyl (C=O) groups is 1. The van der Waals surface area contributed by atoms with Gasteiger partial charge in [-0.3, -0.25) is 9.69 Å². The molecule has 0 bridgehead atoms. The molecule has 0 fully saturated rings. The number of ether oxygens (including phenoxy) is 1. The molecule has 0 heterocycles. The van der Waals surface area contributed by atoms with Gasteiger partial charge in [-0.1, -0.05) is 96.0 Å². The van der Waals surface area contributed by atoms with E-state index in [0.717, 1.165) is 41.3 Å². The zero-order chi connectivity index (χ0) is 32.2. The quantitative estimate of drug-likeness (QED) is 0.122. The molecule has 4 nitrogen and oxygen atoms in total. The second kappa shape index (κ2) is 16.7. The van der Waals surface area contributed by atoms with Crippen LogP contribution in [0.5, 0.6) is 5.75 Å². The number of nitrogens with zero attached hydrogens (tertiary/aromatic N) is 1. The Morgan fingerprint density at radius 2 is 1.60 bits per heavy atom. The van der Waals surface area contributed by atoms with Gasteiger partial charge in [0, 0.05) is 37.0 Å². The van der Waals surface area contributed by atoms with E-state index in [9.17, 15) is 18.0 Å². The first-order valence-electron chi connectivity index (χ1n) is 14.9. The highest BCUT2D eigenvalue weighted by molar-refractivity contribution is 6.32. The summed E-state index contributed by atoms with van der Waals surface area (Å²) in [6.07, 6.45) is -1.63. The topological polar surface area (TPSA) is 49.8 Å². The molecular weight excluding hydrogens is 622 g/mol. The summed E-state index contributed by atoms with van der Waals surface area (Å²) < 4.78 is 47.1. The summed E-state index contributed by atoms with van der Waals surface area (Å²) in [5.41, 5.74) is 2.60. The third kappa shape index (κ3) is 10.5. The summed E-state index contributed by atoms with van der Waals surface area (Å²) in [6.45, 7) is 1.64. The van der Waals surface area contributed by atoms with Crippen LogP contribution in [-0.2, 0) is 23.9 Å². The molecule has 0 aliphatic carbocycles. The van der Waals surface area contributed by atoms with E-state index < -0.39 is 17.7 Å². The van der Waals surface area contributed by atoms with Crippen molar-refractivity contribution in [3.8, 4) is 5.75 Å². The fourth-order valence-corrected chi connectivity index (χ4v) is 5.92. The minimum Gasteiger partial charge on any atom is -0.494 e. The number of benzene rings is 4. The molecule has 9 heteroatoms. The first-order chi connectivity index (χ1) is 21.6. The van der Waals surface area contributed by atoms with Crippen LogP contribution in [0.1, 0.15) is 59.4 Å². The van der Waals surface area contributed by atoms with Crippen molar-refractivity contribution in [2.24, 2.45) is 0 Å². The summed E-state index contributed by atoms with van der Waals surface area (Å²) >= 11 is 13.0. The van der Waals surface area contributed by atoms with Gasteiger partial charge in [0.1, 0.15) is 5.75 Å². The van der Waals surface area contributed by atoms with Gasteiger partial charge in [0.15, 0.2) is 0 Å². The van der Waals surface area contributed by atoms with Crippen molar-refractivity contribution in [1.29, 1.82) is 0 Å². The standard InChI is InChI=1S/C36H36Cl2F3NO3/c37-33-19-6-5-17-30(33)31(27-13-2-1-3-14-27)25-42(24-28-15-9-18-32(35(28)38)36(39,40)41)21-10-22-45-29-16-8-12-26(23-29)11-4-7-20-34(43)44/h1-3,5-6,8-9,12-19,23,31H,4,7,10-11,20-22,24-25H2,(H,43,44). The molecule has 0 saturated heterocycles. The maximum atomic E-state index is 13.7. The third-order valence-corrected chi connectivity index (χ3v) is 8.38. The van der Waals surface area contributed by atoms with Gasteiger partial charge in [-0.05, 0) is 72.2 Å². The molecular formula is C36H36Cl2F3NO3. The van der Waals surface area contributed by atoms with Crippen molar-refractivity contribution >= 4 is 29.2 Å². The summed E-state index contributed by atoms with van der Waals surface area (Å²) in [4.78, 5) is 12.9. The van der Waals surface area contributed by atoms with Crippen molar-refractivity contribution in [3.63, 3.8) is 0 Å². The fourth-order valence-electron chi connectivity index (χ4n) is 5.36. The summed E-state index contributed by atoms with van der Waals surface area (Å²) in [5.74, 6) is -0.210. The minimum absolute atomic E-state index is 0.136. The van der Waals surface area contributed by atoms with Crippen LogP contribution in [0.25, 0.3) is 0 Å². The SMILES string of the molecule is O=C(O)CCCCc1cccc(OCCCN(Cc2cccc(C(F)(F)F)c2Cl)CC(c2ccccc2)c2ccccc2Cl)c1. The van der Waals surface area contributed by atoms with Crippen molar-refractivity contribution in [2.75, 3.05) is 19.7 Å². The van der Waals surface area contributed by atoms with Crippen LogP contribution >= 0.6 is 23.2 Å². The predicted molar refractivity (Wildman–Crippen MR) is 173 cm³/mol. The van der Waals surface area contributed by atoms with Gasteiger partial charge in [-0.25, -0.2) is 0 Å². The molecule has 1 atom stereocenters. The van der Waals surface area contributed by atoms with Gasteiger partial charge >= 0.3 is 12.1 Å². The highest BCUT2D eigenvalue weighted by Gasteiger charge is 2.34. The first-order valence-corrected chi connectivity index (χ1v) is 15.7. The lowest BCUT2D eigenvalue weighted by molar-refractivity contribution is -0.138. The molecule has 1 N–H and O–H groups in total. The number of rotatable bonds is 16. The number of unbranched alkanes of at least 4 members (excludes halogenated alkanes) is 1. The summed E-state index contributed by atoms with van der Waals surface area (Å²) in [6, 6.07) is 29.3. The Morgan fingerprint density at radius 1 is 0.867 bits per heavy atom. The summed E-state index contributed by atoms with van der Waals surface area (Å²) in [7, 11) is 0. The molecule has 1 unspecified atom stereocenters. The normalized spacial score (nSPS) is 12.3. The molecule has 0 amide bonds. The number of hydrogen-bond acceptors (Lipinski definition) is 3. The highest BCUT2D eigenvalue weighted by atomic mass is 35.5. The molecule has 0 radical (unpaired) electrons. The van der Waals surface area contributed by atoms with E-state index in [1.54, 1.807) is 6.07 Å². The maximum absolute atomic E-state index is 13.7. The number of aliphatic carboxylic acids is 1. The maximum Gasteiger partial charge on any atom is 0.417 e. The van der Waals surface area contributed by atoms with Crippen LogP contribution in [0.4, 0.5) is 13.2 Å². The van der Waals surface area contributed by atoms with Crippen LogP contribution in [-0.4, -0.2) is 35.7 Å². The Hall–Kier alpha value is -3.52. The molecule has 238 valence electrons. The van der Waals surface area contributed by atoms with Gasteiger partial charge < -0.3 is 9.84 Å². The molecule has 0 aliphatic heterocycles. The van der Waals surface area contributed by atoms with Gasteiger partial charge in [-0.15, -0.1) is 0 Å². The smallest absolute Gasteiger partial charge is 0.417 e. The van der Waals surface area contributed by atoms with E-state index >= 15 is 0 Å². The molecule has 45 heavy (non-hydrogen) atoms. The van der Waals surface area contributed by atoms with Crippen molar-refractivity contribution in [2.45, 2.75) is 50.7 Å². The van der Waals surface area contributed by atoms with Gasteiger partial charge in [0.05, 0.1) is 17.2 Å². The monoisotopic (exact) mass is 657 g/mol. The van der Waals surface area contributed by atoms with E-state index in [-0.39, 0.29) is 23.9 Å². The Labute approximate surface area is 272 Å². The van der Waals surface area contributed by atoms with Gasteiger partial charge in [0.2, 0.25) is 0 Å². The van der Waals surface area contributed by atoms with Crippen LogP contribution in [0.2, 0.25) is 10.0 Å². The number of halogens is 5. The lowest BCUT2D eigenvalue weighted by atomic mass is 9.90. The van der Waals surface area contributed by atoms with Crippen molar-refractivity contribution < 1.29 is 27.8 Å². The van der Waals surface area contributed by atoms with Crippen molar-refractivity contribution in [3.05, 3.63) is 135 Å². The lowest BCUT2D eigenvalue weighted by Crippen LogP contribution is -2.31. The first kappa shape index (κ1) is 34.4.